The average molecular weight is 220 g/mol. The highest BCUT2D eigenvalue weighted by Gasteiger charge is 2.41. The molecule has 1 aromatic rings. The molecule has 80 valence electrons. The second-order valence-electron chi connectivity index (χ2n) is 2.47. The first kappa shape index (κ1) is 11.1. The van der Waals surface area contributed by atoms with Crippen molar-refractivity contribution in [2.45, 2.75) is 6.18 Å². The number of carbonyl (C=O) groups excluding carboxylic acids is 1. The Hall–Kier alpha value is -1.99. The van der Waals surface area contributed by atoms with Crippen molar-refractivity contribution in [3.8, 4) is 0 Å². The van der Waals surface area contributed by atoms with Gasteiger partial charge in [-0.25, -0.2) is 4.98 Å². The predicted molar refractivity (Wildman–Crippen MR) is 41.3 cm³/mol. The number of rotatable bonds is 2. The summed E-state index contributed by atoms with van der Waals surface area (Å²) in [5.41, 5.74) is -3.64. The summed E-state index contributed by atoms with van der Waals surface area (Å²) >= 11 is 0. The first-order valence-electron chi connectivity index (χ1n) is 3.53. The van der Waals surface area contributed by atoms with Crippen LogP contribution in [0.2, 0.25) is 0 Å². The Morgan fingerprint density at radius 2 is 2.07 bits per heavy atom. The number of carbonyl (C=O) groups is 1. The van der Waals surface area contributed by atoms with Gasteiger partial charge in [-0.05, 0) is 6.07 Å². The number of aldehydes is 1. The number of halogens is 3. The molecule has 5 nitrogen and oxygen atoms in total. The highest BCUT2D eigenvalue weighted by atomic mass is 19.4. The van der Waals surface area contributed by atoms with Crippen LogP contribution in [-0.4, -0.2) is 16.2 Å². The largest absolute Gasteiger partial charge is 0.440 e. The van der Waals surface area contributed by atoms with Gasteiger partial charge >= 0.3 is 11.9 Å². The highest BCUT2D eigenvalue weighted by molar-refractivity contribution is 5.81. The molecule has 0 aliphatic carbocycles. The molecule has 0 aromatic carbocycles. The summed E-state index contributed by atoms with van der Waals surface area (Å²) in [6.07, 6.45) is -4.28. The zero-order valence-electron chi connectivity index (χ0n) is 6.99. The summed E-state index contributed by atoms with van der Waals surface area (Å²) < 4.78 is 36.7. The molecule has 0 aliphatic rings. The Bertz CT molecular complexity index is 416. The monoisotopic (exact) mass is 220 g/mol. The maximum atomic E-state index is 12.2. The quantitative estimate of drug-likeness (QED) is 0.433. The molecule has 8 heteroatoms. The maximum Gasteiger partial charge on any atom is 0.440 e. The van der Waals surface area contributed by atoms with Crippen LogP contribution in [0.5, 0.6) is 0 Å². The van der Waals surface area contributed by atoms with E-state index in [4.69, 9.17) is 0 Å². The van der Waals surface area contributed by atoms with Gasteiger partial charge in [-0.15, -0.1) is 0 Å². The lowest BCUT2D eigenvalue weighted by Crippen LogP contribution is -2.13. The van der Waals surface area contributed by atoms with E-state index in [1.54, 1.807) is 0 Å². The van der Waals surface area contributed by atoms with Gasteiger partial charge in [0, 0.05) is 6.20 Å². The van der Waals surface area contributed by atoms with E-state index in [1.807, 2.05) is 0 Å². The molecule has 0 spiro atoms. The Morgan fingerprint density at radius 1 is 1.47 bits per heavy atom. The van der Waals surface area contributed by atoms with Crippen LogP contribution in [0.15, 0.2) is 12.3 Å². The molecule has 1 rings (SSSR count). The van der Waals surface area contributed by atoms with E-state index >= 15 is 0 Å². The van der Waals surface area contributed by atoms with E-state index in [1.165, 1.54) is 0 Å². The van der Waals surface area contributed by atoms with Gasteiger partial charge in [0.2, 0.25) is 5.69 Å². The van der Waals surface area contributed by atoms with Gasteiger partial charge < -0.3 is 0 Å². The molecule has 1 heterocycles. The van der Waals surface area contributed by atoms with E-state index in [2.05, 4.69) is 4.98 Å². The molecule has 0 amide bonds. The Kier molecular flexibility index (Phi) is 2.69. The minimum absolute atomic E-state index is 0.0188. The van der Waals surface area contributed by atoms with Gasteiger partial charge in [-0.2, -0.15) is 13.2 Å². The number of pyridine rings is 1. The van der Waals surface area contributed by atoms with Crippen molar-refractivity contribution >= 4 is 12.0 Å². The minimum Gasteiger partial charge on any atom is -0.298 e. The number of nitro groups is 1. The first-order chi connectivity index (χ1) is 6.88. The van der Waals surface area contributed by atoms with Crippen LogP contribution in [0.25, 0.3) is 0 Å². The maximum absolute atomic E-state index is 12.2. The SMILES string of the molecule is O=Cc1ccnc(C(F)(F)F)c1[N+](=O)[O-]. The molecule has 0 aliphatic heterocycles. The summed E-state index contributed by atoms with van der Waals surface area (Å²) in [5, 5.41) is 10.4. The number of aromatic nitrogens is 1. The van der Waals surface area contributed by atoms with Crippen molar-refractivity contribution in [3.63, 3.8) is 0 Å². The zero-order chi connectivity index (χ0) is 11.6. The topological polar surface area (TPSA) is 73.1 Å². The zero-order valence-corrected chi connectivity index (χ0v) is 6.99. The van der Waals surface area contributed by atoms with Crippen molar-refractivity contribution in [1.82, 2.24) is 4.98 Å². The molecule has 0 saturated carbocycles. The average Bonchev–Trinajstić information content (AvgIpc) is 2.15. The van der Waals surface area contributed by atoms with Gasteiger partial charge in [-0.1, -0.05) is 0 Å². The summed E-state index contributed by atoms with van der Waals surface area (Å²) in [6, 6.07) is 0.848. The van der Waals surface area contributed by atoms with Crippen LogP contribution < -0.4 is 0 Å². The fraction of sp³-hybridized carbons (Fsp3) is 0.143. The molecule has 0 N–H and O–H groups in total. The van der Waals surface area contributed by atoms with E-state index < -0.39 is 28.0 Å². The van der Waals surface area contributed by atoms with E-state index in [9.17, 15) is 28.1 Å². The fourth-order valence-corrected chi connectivity index (χ4v) is 0.963. The van der Waals surface area contributed by atoms with E-state index in [0.29, 0.717) is 6.20 Å². The normalized spacial score (nSPS) is 11.1. The number of alkyl halides is 3. The smallest absolute Gasteiger partial charge is 0.298 e. The predicted octanol–water partition coefficient (Wildman–Crippen LogP) is 1.82. The molecule has 0 fully saturated rings. The molecule has 0 radical (unpaired) electrons. The van der Waals surface area contributed by atoms with Crippen molar-refractivity contribution in [2.75, 3.05) is 0 Å². The Labute approximate surface area is 80.7 Å². The molecular weight excluding hydrogens is 217 g/mol. The Balaban J connectivity index is 3.52. The van der Waals surface area contributed by atoms with Gasteiger partial charge in [0.15, 0.2) is 6.29 Å². The third-order valence-electron chi connectivity index (χ3n) is 1.53. The minimum atomic E-state index is -4.96. The summed E-state index contributed by atoms with van der Waals surface area (Å²) in [5.74, 6) is 0. The second kappa shape index (κ2) is 3.64. The van der Waals surface area contributed by atoms with Crippen LogP contribution >= 0.6 is 0 Å². The highest BCUT2D eigenvalue weighted by Crippen LogP contribution is 2.35. The summed E-state index contributed by atoms with van der Waals surface area (Å²) in [6.45, 7) is 0. The third-order valence-corrected chi connectivity index (χ3v) is 1.53. The van der Waals surface area contributed by atoms with E-state index in [-0.39, 0.29) is 6.29 Å². The van der Waals surface area contributed by atoms with Crippen molar-refractivity contribution in [1.29, 1.82) is 0 Å². The second-order valence-corrected chi connectivity index (χ2v) is 2.47. The van der Waals surface area contributed by atoms with Crippen LogP contribution in [0.3, 0.4) is 0 Å². The van der Waals surface area contributed by atoms with E-state index in [0.717, 1.165) is 6.07 Å². The molecule has 0 unspecified atom stereocenters. The van der Waals surface area contributed by atoms with Crippen LogP contribution in [0.1, 0.15) is 16.1 Å². The van der Waals surface area contributed by atoms with Crippen molar-refractivity contribution < 1.29 is 22.9 Å². The van der Waals surface area contributed by atoms with Crippen LogP contribution in [0.4, 0.5) is 18.9 Å². The summed E-state index contributed by atoms with van der Waals surface area (Å²) in [4.78, 5) is 22.2. The lowest BCUT2D eigenvalue weighted by Gasteiger charge is -2.06. The molecule has 15 heavy (non-hydrogen) atoms. The van der Waals surface area contributed by atoms with Crippen molar-refractivity contribution in [2.24, 2.45) is 0 Å². The van der Waals surface area contributed by atoms with Crippen LogP contribution in [-0.2, 0) is 6.18 Å². The standard InChI is InChI=1S/C7H3F3N2O3/c8-7(9,10)6-5(12(14)15)4(3-13)1-2-11-6/h1-3H. The number of hydrogen-bond acceptors (Lipinski definition) is 4. The van der Waals surface area contributed by atoms with Gasteiger partial charge in [-0.3, -0.25) is 14.9 Å². The Morgan fingerprint density at radius 3 is 2.47 bits per heavy atom. The summed E-state index contributed by atoms with van der Waals surface area (Å²) in [7, 11) is 0. The number of nitrogens with zero attached hydrogens (tertiary/aromatic N) is 2. The lowest BCUT2D eigenvalue weighted by molar-refractivity contribution is -0.388. The fourth-order valence-electron chi connectivity index (χ4n) is 0.963. The number of hydrogen-bond donors (Lipinski definition) is 0. The molecule has 1 aromatic heterocycles. The van der Waals surface area contributed by atoms with Gasteiger partial charge in [0.1, 0.15) is 0 Å². The molecular formula is C7H3F3N2O3. The van der Waals surface area contributed by atoms with Gasteiger partial charge in [0.05, 0.1) is 10.5 Å². The van der Waals surface area contributed by atoms with Crippen LogP contribution in [0, 0.1) is 10.1 Å². The third kappa shape index (κ3) is 2.09. The molecule has 0 saturated heterocycles. The first-order valence-corrected chi connectivity index (χ1v) is 3.53. The van der Waals surface area contributed by atoms with Gasteiger partial charge in [0.25, 0.3) is 0 Å². The molecule has 0 bridgehead atoms. The van der Waals surface area contributed by atoms with Crippen molar-refractivity contribution in [3.05, 3.63) is 33.6 Å². The molecule has 0 atom stereocenters. The lowest BCUT2D eigenvalue weighted by atomic mass is 10.2.